The van der Waals surface area contributed by atoms with Gasteiger partial charge in [0.2, 0.25) is 5.95 Å². The third kappa shape index (κ3) is 5.22. The predicted molar refractivity (Wildman–Crippen MR) is 104 cm³/mol. The van der Waals surface area contributed by atoms with Gasteiger partial charge in [-0.25, -0.2) is 4.98 Å². The van der Waals surface area contributed by atoms with Crippen molar-refractivity contribution < 1.29 is 0 Å². The molecule has 130 valence electrons. The summed E-state index contributed by atoms with van der Waals surface area (Å²) >= 11 is 0. The minimum atomic E-state index is 0.555. The molecule has 2 rings (SSSR count). The third-order valence-electron chi connectivity index (χ3n) is 3.76. The van der Waals surface area contributed by atoms with Crippen molar-refractivity contribution in [3.63, 3.8) is 0 Å². The fourth-order valence-corrected chi connectivity index (χ4v) is 2.61. The zero-order valence-electron chi connectivity index (χ0n) is 15.4. The monoisotopic (exact) mass is 326 g/mol. The molecule has 4 nitrogen and oxygen atoms in total. The first kappa shape index (κ1) is 18.2. The Morgan fingerprint density at radius 2 is 1.67 bits per heavy atom. The molecule has 0 radical (unpaired) electrons. The first-order chi connectivity index (χ1) is 11.6. The summed E-state index contributed by atoms with van der Waals surface area (Å²) in [5.41, 5.74) is 2.10. The lowest BCUT2D eigenvalue weighted by Crippen LogP contribution is -2.26. The first-order valence-electron chi connectivity index (χ1n) is 9.07. The van der Waals surface area contributed by atoms with Crippen molar-refractivity contribution in [3.8, 4) is 11.3 Å². The Balaban J connectivity index is 2.39. The molecule has 0 atom stereocenters. The van der Waals surface area contributed by atoms with Crippen LogP contribution in [0.3, 0.4) is 0 Å². The molecule has 1 heterocycles. The maximum Gasteiger partial charge on any atom is 0.225 e. The van der Waals surface area contributed by atoms with Crippen LogP contribution in [0.25, 0.3) is 11.3 Å². The molecule has 0 amide bonds. The number of aromatic nitrogens is 2. The predicted octanol–water partition coefficient (Wildman–Crippen LogP) is 4.84. The maximum absolute atomic E-state index is 4.77. The summed E-state index contributed by atoms with van der Waals surface area (Å²) in [6.45, 7) is 11.7. The van der Waals surface area contributed by atoms with Crippen LogP contribution in [0.1, 0.15) is 40.5 Å². The second kappa shape index (κ2) is 9.26. The van der Waals surface area contributed by atoms with Crippen LogP contribution in [0.2, 0.25) is 0 Å². The first-order valence-corrected chi connectivity index (χ1v) is 9.07. The summed E-state index contributed by atoms with van der Waals surface area (Å²) in [5.74, 6) is 2.29. The number of nitrogens with zero attached hydrogens (tertiary/aromatic N) is 3. The number of hydrogen-bond acceptors (Lipinski definition) is 4. The standard InChI is InChI=1S/C20H30N4/c1-5-12-24(13-6-2)19-14-18(17-10-8-7-9-11-17)22-20(23-19)21-15-16(3)4/h7-11,14,16H,5-6,12-13,15H2,1-4H3,(H,21,22,23). The largest absolute Gasteiger partial charge is 0.356 e. The molecule has 0 bridgehead atoms. The van der Waals surface area contributed by atoms with Crippen molar-refractivity contribution >= 4 is 11.8 Å². The van der Waals surface area contributed by atoms with Gasteiger partial charge in [-0.15, -0.1) is 0 Å². The van der Waals surface area contributed by atoms with E-state index in [4.69, 9.17) is 9.97 Å². The Morgan fingerprint density at radius 1 is 1.00 bits per heavy atom. The van der Waals surface area contributed by atoms with Crippen LogP contribution in [0.4, 0.5) is 11.8 Å². The van der Waals surface area contributed by atoms with Crippen LogP contribution in [0, 0.1) is 5.92 Å². The van der Waals surface area contributed by atoms with Crippen molar-refractivity contribution in [2.45, 2.75) is 40.5 Å². The molecule has 0 aliphatic carbocycles. The van der Waals surface area contributed by atoms with Crippen LogP contribution in [-0.2, 0) is 0 Å². The van der Waals surface area contributed by atoms with Gasteiger partial charge in [0, 0.05) is 31.3 Å². The molecule has 1 N–H and O–H groups in total. The van der Waals surface area contributed by atoms with Crippen LogP contribution < -0.4 is 10.2 Å². The molecule has 0 aliphatic rings. The van der Waals surface area contributed by atoms with Crippen molar-refractivity contribution in [2.75, 3.05) is 29.9 Å². The summed E-state index contributed by atoms with van der Waals surface area (Å²) in [6.07, 6.45) is 2.22. The van der Waals surface area contributed by atoms with Gasteiger partial charge in [0.05, 0.1) is 5.69 Å². The summed E-state index contributed by atoms with van der Waals surface area (Å²) < 4.78 is 0. The third-order valence-corrected chi connectivity index (χ3v) is 3.76. The van der Waals surface area contributed by atoms with Crippen LogP contribution in [0.15, 0.2) is 36.4 Å². The van der Waals surface area contributed by atoms with Gasteiger partial charge in [-0.05, 0) is 18.8 Å². The fourth-order valence-electron chi connectivity index (χ4n) is 2.61. The quantitative estimate of drug-likeness (QED) is 0.716. The molecule has 1 aromatic heterocycles. The molecule has 0 saturated heterocycles. The van der Waals surface area contributed by atoms with Crippen molar-refractivity contribution in [3.05, 3.63) is 36.4 Å². The smallest absolute Gasteiger partial charge is 0.225 e. The van der Waals surface area contributed by atoms with Gasteiger partial charge in [0.1, 0.15) is 5.82 Å². The lowest BCUT2D eigenvalue weighted by atomic mass is 10.1. The number of anilines is 2. The van der Waals surface area contributed by atoms with E-state index in [1.54, 1.807) is 0 Å². The van der Waals surface area contributed by atoms with E-state index >= 15 is 0 Å². The highest BCUT2D eigenvalue weighted by Gasteiger charge is 2.12. The molecule has 0 fully saturated rings. The number of hydrogen-bond donors (Lipinski definition) is 1. The fraction of sp³-hybridized carbons (Fsp3) is 0.500. The second-order valence-electron chi connectivity index (χ2n) is 6.56. The molecule has 0 unspecified atom stereocenters. The maximum atomic E-state index is 4.77. The van der Waals surface area contributed by atoms with E-state index in [0.29, 0.717) is 5.92 Å². The summed E-state index contributed by atoms with van der Waals surface area (Å²) in [5, 5.41) is 3.38. The minimum absolute atomic E-state index is 0.555. The van der Waals surface area contributed by atoms with Gasteiger partial charge in [-0.3, -0.25) is 0 Å². The van der Waals surface area contributed by atoms with Gasteiger partial charge in [-0.2, -0.15) is 4.98 Å². The van der Waals surface area contributed by atoms with Gasteiger partial charge in [0.25, 0.3) is 0 Å². The topological polar surface area (TPSA) is 41.1 Å². The van der Waals surface area contributed by atoms with E-state index in [2.05, 4.69) is 56.1 Å². The van der Waals surface area contributed by atoms with E-state index in [-0.39, 0.29) is 0 Å². The lowest BCUT2D eigenvalue weighted by molar-refractivity contribution is 0.683. The summed E-state index contributed by atoms with van der Waals surface area (Å²) in [4.78, 5) is 11.9. The Labute approximate surface area is 146 Å². The molecule has 1 aromatic carbocycles. The van der Waals surface area contributed by atoms with Gasteiger partial charge in [-0.1, -0.05) is 58.0 Å². The highest BCUT2D eigenvalue weighted by Crippen LogP contribution is 2.24. The highest BCUT2D eigenvalue weighted by atomic mass is 15.2. The Bertz CT molecular complexity index is 604. The molecular weight excluding hydrogens is 296 g/mol. The Morgan fingerprint density at radius 3 is 2.25 bits per heavy atom. The SMILES string of the molecule is CCCN(CCC)c1cc(-c2ccccc2)nc(NCC(C)C)n1. The van der Waals surface area contributed by atoms with E-state index in [0.717, 1.165) is 55.5 Å². The molecule has 2 aromatic rings. The molecule has 0 spiro atoms. The van der Waals surface area contributed by atoms with E-state index in [1.807, 2.05) is 18.2 Å². The van der Waals surface area contributed by atoms with Crippen LogP contribution in [-0.4, -0.2) is 29.6 Å². The summed E-state index contributed by atoms with van der Waals surface area (Å²) in [6, 6.07) is 12.4. The second-order valence-corrected chi connectivity index (χ2v) is 6.56. The van der Waals surface area contributed by atoms with E-state index in [9.17, 15) is 0 Å². The average Bonchev–Trinajstić information content (AvgIpc) is 2.60. The zero-order chi connectivity index (χ0) is 17.4. The van der Waals surface area contributed by atoms with Crippen molar-refractivity contribution in [2.24, 2.45) is 5.92 Å². The molecule has 0 saturated carbocycles. The van der Waals surface area contributed by atoms with Gasteiger partial charge < -0.3 is 10.2 Å². The number of benzene rings is 1. The van der Waals surface area contributed by atoms with Crippen molar-refractivity contribution in [1.29, 1.82) is 0 Å². The minimum Gasteiger partial charge on any atom is -0.356 e. The van der Waals surface area contributed by atoms with Gasteiger partial charge >= 0.3 is 0 Å². The molecule has 0 aliphatic heterocycles. The van der Waals surface area contributed by atoms with Crippen LogP contribution in [0.5, 0.6) is 0 Å². The summed E-state index contributed by atoms with van der Waals surface area (Å²) in [7, 11) is 0. The van der Waals surface area contributed by atoms with E-state index < -0.39 is 0 Å². The number of nitrogens with one attached hydrogen (secondary N) is 1. The highest BCUT2D eigenvalue weighted by molar-refractivity contribution is 5.64. The zero-order valence-corrected chi connectivity index (χ0v) is 15.4. The normalized spacial score (nSPS) is 10.9. The molecular formula is C20H30N4. The van der Waals surface area contributed by atoms with Crippen molar-refractivity contribution in [1.82, 2.24) is 9.97 Å². The van der Waals surface area contributed by atoms with E-state index in [1.165, 1.54) is 0 Å². The Kier molecular flexibility index (Phi) is 7.04. The van der Waals surface area contributed by atoms with Crippen LogP contribution >= 0.6 is 0 Å². The lowest BCUT2D eigenvalue weighted by Gasteiger charge is -2.23. The number of rotatable bonds is 9. The van der Waals surface area contributed by atoms with Gasteiger partial charge in [0.15, 0.2) is 0 Å². The average molecular weight is 326 g/mol. The Hall–Kier alpha value is -2.10. The molecule has 4 heteroatoms. The molecule has 24 heavy (non-hydrogen) atoms.